The van der Waals surface area contributed by atoms with Crippen molar-refractivity contribution in [1.29, 1.82) is 0 Å². The maximum atomic E-state index is 11.2. The minimum atomic E-state index is -0.255. The smallest absolute Gasteiger partial charge is 0.352 e. The second-order valence-corrected chi connectivity index (χ2v) is 2.37. The Balaban J connectivity index is 3.28. The molecule has 0 radical (unpaired) electrons. The predicted molar refractivity (Wildman–Crippen MR) is 46.2 cm³/mol. The molecule has 1 heterocycles. The van der Waals surface area contributed by atoms with Crippen LogP contribution in [0.5, 0.6) is 0 Å². The standard InChI is InChI=1S/C7H12N4O/c1-4-11-5(2)9-6(8-3)10-7(11)12/h4H2,1-3H3,(H,8,10,12). The van der Waals surface area contributed by atoms with Crippen LogP contribution < -0.4 is 11.0 Å². The summed E-state index contributed by atoms with van der Waals surface area (Å²) in [5, 5.41) is 2.72. The van der Waals surface area contributed by atoms with E-state index < -0.39 is 0 Å². The van der Waals surface area contributed by atoms with Crippen LogP contribution in [0.4, 0.5) is 5.95 Å². The molecule has 0 aliphatic carbocycles. The van der Waals surface area contributed by atoms with E-state index >= 15 is 0 Å². The molecule has 0 aromatic carbocycles. The van der Waals surface area contributed by atoms with E-state index in [4.69, 9.17) is 0 Å². The molecule has 5 heteroatoms. The minimum Gasteiger partial charge on any atom is -0.357 e. The van der Waals surface area contributed by atoms with Crippen molar-refractivity contribution >= 4 is 5.95 Å². The Morgan fingerprint density at radius 1 is 1.50 bits per heavy atom. The lowest BCUT2D eigenvalue weighted by Crippen LogP contribution is -2.26. The van der Waals surface area contributed by atoms with Gasteiger partial charge in [-0.25, -0.2) is 4.79 Å². The van der Waals surface area contributed by atoms with Crippen molar-refractivity contribution in [3.05, 3.63) is 16.3 Å². The minimum absolute atomic E-state index is 0.255. The van der Waals surface area contributed by atoms with Crippen molar-refractivity contribution in [2.45, 2.75) is 20.4 Å². The average molecular weight is 168 g/mol. The Bertz CT molecular complexity index is 331. The number of hydrogen-bond donors (Lipinski definition) is 1. The van der Waals surface area contributed by atoms with Gasteiger partial charge < -0.3 is 5.32 Å². The average Bonchev–Trinajstić information content (AvgIpc) is 2.03. The highest BCUT2D eigenvalue weighted by Crippen LogP contribution is 1.94. The zero-order valence-corrected chi connectivity index (χ0v) is 7.46. The van der Waals surface area contributed by atoms with Gasteiger partial charge >= 0.3 is 5.69 Å². The first kappa shape index (κ1) is 8.70. The van der Waals surface area contributed by atoms with Gasteiger partial charge in [0, 0.05) is 13.6 Å². The molecule has 0 saturated heterocycles. The van der Waals surface area contributed by atoms with E-state index in [-0.39, 0.29) is 5.69 Å². The normalized spacial score (nSPS) is 9.92. The fraction of sp³-hybridized carbons (Fsp3) is 0.571. The number of hydrogen-bond acceptors (Lipinski definition) is 4. The molecule has 5 nitrogen and oxygen atoms in total. The van der Waals surface area contributed by atoms with Gasteiger partial charge in [-0.3, -0.25) is 4.57 Å². The van der Waals surface area contributed by atoms with Gasteiger partial charge in [0.25, 0.3) is 0 Å². The molecule has 12 heavy (non-hydrogen) atoms. The maximum absolute atomic E-state index is 11.2. The number of aryl methyl sites for hydroxylation is 1. The van der Waals surface area contributed by atoms with E-state index in [2.05, 4.69) is 15.3 Å². The second kappa shape index (κ2) is 3.34. The van der Waals surface area contributed by atoms with Crippen molar-refractivity contribution in [3.63, 3.8) is 0 Å². The van der Waals surface area contributed by atoms with E-state index in [0.717, 1.165) is 0 Å². The fourth-order valence-corrected chi connectivity index (χ4v) is 1.00. The zero-order valence-electron chi connectivity index (χ0n) is 7.46. The summed E-state index contributed by atoms with van der Waals surface area (Å²) in [5.74, 6) is 1.06. The first-order valence-corrected chi connectivity index (χ1v) is 3.82. The molecule has 0 aliphatic heterocycles. The summed E-state index contributed by atoms with van der Waals surface area (Å²) in [4.78, 5) is 19.0. The molecule has 1 aromatic rings. The highest BCUT2D eigenvalue weighted by molar-refractivity contribution is 5.20. The molecule has 1 aromatic heterocycles. The van der Waals surface area contributed by atoms with Gasteiger partial charge in [-0.05, 0) is 13.8 Å². The SMILES string of the molecule is CCn1c(C)nc(NC)nc1=O. The summed E-state index contributed by atoms with van der Waals surface area (Å²) in [6.45, 7) is 4.28. The van der Waals surface area contributed by atoms with Gasteiger partial charge in [0.15, 0.2) is 0 Å². The zero-order chi connectivity index (χ0) is 9.14. The molecule has 66 valence electrons. The van der Waals surface area contributed by atoms with Gasteiger partial charge in [-0.1, -0.05) is 0 Å². The third-order valence-corrected chi connectivity index (χ3v) is 1.63. The number of anilines is 1. The van der Waals surface area contributed by atoms with Crippen LogP contribution >= 0.6 is 0 Å². The van der Waals surface area contributed by atoms with Crippen molar-refractivity contribution < 1.29 is 0 Å². The van der Waals surface area contributed by atoms with Gasteiger partial charge in [0.2, 0.25) is 5.95 Å². The number of nitrogens with zero attached hydrogens (tertiary/aromatic N) is 3. The molecule has 0 atom stereocenters. The predicted octanol–water partition coefficient (Wildman–Crippen LogP) is 0.00832. The lowest BCUT2D eigenvalue weighted by Gasteiger charge is -2.05. The highest BCUT2D eigenvalue weighted by atomic mass is 16.1. The van der Waals surface area contributed by atoms with Crippen LogP contribution in [0.3, 0.4) is 0 Å². The van der Waals surface area contributed by atoms with Gasteiger partial charge in [-0.15, -0.1) is 0 Å². The van der Waals surface area contributed by atoms with E-state index in [9.17, 15) is 4.79 Å². The topological polar surface area (TPSA) is 59.8 Å². The summed E-state index contributed by atoms with van der Waals surface area (Å²) in [6, 6.07) is 0. The summed E-state index contributed by atoms with van der Waals surface area (Å²) in [5.41, 5.74) is -0.255. The molecular formula is C7H12N4O. The van der Waals surface area contributed by atoms with Crippen LogP contribution in [0.25, 0.3) is 0 Å². The van der Waals surface area contributed by atoms with E-state index in [1.54, 1.807) is 14.0 Å². The van der Waals surface area contributed by atoms with Gasteiger partial charge in [0.1, 0.15) is 5.82 Å². The van der Waals surface area contributed by atoms with E-state index in [1.165, 1.54) is 4.57 Å². The molecule has 0 unspecified atom stereocenters. The largest absolute Gasteiger partial charge is 0.357 e. The number of aromatic nitrogens is 3. The van der Waals surface area contributed by atoms with Crippen LogP contribution in [0.15, 0.2) is 4.79 Å². The Morgan fingerprint density at radius 2 is 2.17 bits per heavy atom. The molecule has 1 N–H and O–H groups in total. The third kappa shape index (κ3) is 1.44. The molecule has 0 aliphatic rings. The van der Waals surface area contributed by atoms with Crippen molar-refractivity contribution in [2.24, 2.45) is 0 Å². The van der Waals surface area contributed by atoms with Crippen LogP contribution in [0, 0.1) is 6.92 Å². The summed E-state index contributed by atoms with van der Waals surface area (Å²) in [7, 11) is 1.69. The Hall–Kier alpha value is -1.39. The summed E-state index contributed by atoms with van der Waals surface area (Å²) >= 11 is 0. The number of nitrogens with one attached hydrogen (secondary N) is 1. The monoisotopic (exact) mass is 168 g/mol. The second-order valence-electron chi connectivity index (χ2n) is 2.37. The van der Waals surface area contributed by atoms with Crippen molar-refractivity contribution in [1.82, 2.24) is 14.5 Å². The molecular weight excluding hydrogens is 156 g/mol. The lowest BCUT2D eigenvalue weighted by atomic mass is 10.6. The van der Waals surface area contributed by atoms with Crippen molar-refractivity contribution in [2.75, 3.05) is 12.4 Å². The third-order valence-electron chi connectivity index (χ3n) is 1.63. The fourth-order valence-electron chi connectivity index (χ4n) is 1.00. The summed E-state index contributed by atoms with van der Waals surface area (Å²) in [6.07, 6.45) is 0. The van der Waals surface area contributed by atoms with Crippen LogP contribution in [-0.4, -0.2) is 21.6 Å². The molecule has 0 bridgehead atoms. The van der Waals surface area contributed by atoms with E-state index in [0.29, 0.717) is 18.3 Å². The van der Waals surface area contributed by atoms with E-state index in [1.807, 2.05) is 6.92 Å². The molecule has 1 rings (SSSR count). The molecule has 0 amide bonds. The number of rotatable bonds is 2. The maximum Gasteiger partial charge on any atom is 0.352 e. The van der Waals surface area contributed by atoms with Gasteiger partial charge in [-0.2, -0.15) is 9.97 Å². The lowest BCUT2D eigenvalue weighted by molar-refractivity contribution is 0.647. The first-order chi connectivity index (χ1) is 5.69. The van der Waals surface area contributed by atoms with Crippen LogP contribution in [0.1, 0.15) is 12.7 Å². The first-order valence-electron chi connectivity index (χ1n) is 3.82. The highest BCUT2D eigenvalue weighted by Gasteiger charge is 2.02. The van der Waals surface area contributed by atoms with Crippen LogP contribution in [0.2, 0.25) is 0 Å². The molecule has 0 spiro atoms. The quantitative estimate of drug-likeness (QED) is 0.675. The Kier molecular flexibility index (Phi) is 2.42. The Labute approximate surface area is 70.5 Å². The molecule has 0 fully saturated rings. The molecule has 0 saturated carbocycles. The summed E-state index contributed by atoms with van der Waals surface area (Å²) < 4.78 is 1.51. The Morgan fingerprint density at radius 3 is 2.58 bits per heavy atom. The van der Waals surface area contributed by atoms with Crippen LogP contribution in [-0.2, 0) is 6.54 Å². The van der Waals surface area contributed by atoms with Crippen molar-refractivity contribution in [3.8, 4) is 0 Å². The van der Waals surface area contributed by atoms with Gasteiger partial charge in [0.05, 0.1) is 0 Å².